The maximum atomic E-state index is 11.5. The molecule has 0 aromatic heterocycles. The third-order valence-electron chi connectivity index (χ3n) is 2.16. The summed E-state index contributed by atoms with van der Waals surface area (Å²) in [5.74, 6) is -1.33. The van der Waals surface area contributed by atoms with Gasteiger partial charge in [0.15, 0.2) is 0 Å². The Balaban J connectivity index is 2.35. The van der Waals surface area contributed by atoms with Crippen molar-refractivity contribution in [1.29, 1.82) is 0 Å². The number of carbonyl (C=O) groups excluding carboxylic acids is 2. The smallest absolute Gasteiger partial charge is 0.342 e. The molecule has 5 nitrogen and oxygen atoms in total. The van der Waals surface area contributed by atoms with Crippen molar-refractivity contribution in [2.24, 2.45) is 5.92 Å². The van der Waals surface area contributed by atoms with Crippen molar-refractivity contribution >= 4 is 11.9 Å². The first-order chi connectivity index (χ1) is 8.52. The Morgan fingerprint density at radius 1 is 1.17 bits per heavy atom. The first-order valence-corrected chi connectivity index (χ1v) is 5.64. The summed E-state index contributed by atoms with van der Waals surface area (Å²) in [5.41, 5.74) is 0.0905. The fourth-order valence-electron chi connectivity index (χ4n) is 1.17. The van der Waals surface area contributed by atoms with Crippen molar-refractivity contribution in [3.8, 4) is 5.75 Å². The van der Waals surface area contributed by atoms with Crippen molar-refractivity contribution in [3.63, 3.8) is 0 Å². The zero-order valence-corrected chi connectivity index (χ0v) is 10.4. The lowest BCUT2D eigenvalue weighted by molar-refractivity contribution is -0.148. The molecule has 0 atom stereocenters. The molecule has 0 spiro atoms. The molecule has 0 heterocycles. The van der Waals surface area contributed by atoms with Gasteiger partial charge >= 0.3 is 11.9 Å². The van der Waals surface area contributed by atoms with Crippen LogP contribution in [0, 0.1) is 5.92 Å². The number of aromatic hydroxyl groups is 1. The summed E-state index contributed by atoms with van der Waals surface area (Å²) in [4.78, 5) is 22.6. The molecule has 0 bridgehead atoms. The minimum Gasteiger partial charge on any atom is -0.507 e. The van der Waals surface area contributed by atoms with E-state index < -0.39 is 5.97 Å². The lowest BCUT2D eigenvalue weighted by Gasteiger charge is -2.08. The summed E-state index contributed by atoms with van der Waals surface area (Å²) in [6.07, 6.45) is 0. The fourth-order valence-corrected chi connectivity index (χ4v) is 1.17. The van der Waals surface area contributed by atoms with Gasteiger partial charge in [0.1, 0.15) is 24.5 Å². The topological polar surface area (TPSA) is 72.8 Å². The van der Waals surface area contributed by atoms with Crippen LogP contribution >= 0.6 is 0 Å². The third-order valence-corrected chi connectivity index (χ3v) is 2.16. The van der Waals surface area contributed by atoms with E-state index in [4.69, 9.17) is 9.47 Å². The molecule has 1 N–H and O–H groups in total. The van der Waals surface area contributed by atoms with Crippen molar-refractivity contribution in [3.05, 3.63) is 29.8 Å². The van der Waals surface area contributed by atoms with Crippen LogP contribution in [0.2, 0.25) is 0 Å². The van der Waals surface area contributed by atoms with E-state index in [9.17, 15) is 14.7 Å². The van der Waals surface area contributed by atoms with Gasteiger partial charge in [0, 0.05) is 0 Å². The van der Waals surface area contributed by atoms with Gasteiger partial charge in [-0.1, -0.05) is 26.0 Å². The van der Waals surface area contributed by atoms with Crippen LogP contribution in [-0.4, -0.2) is 30.3 Å². The maximum absolute atomic E-state index is 11.5. The average Bonchev–Trinajstić information content (AvgIpc) is 2.34. The van der Waals surface area contributed by atoms with Gasteiger partial charge in [-0.05, 0) is 12.1 Å². The van der Waals surface area contributed by atoms with E-state index in [2.05, 4.69) is 0 Å². The van der Waals surface area contributed by atoms with Gasteiger partial charge < -0.3 is 14.6 Å². The summed E-state index contributed by atoms with van der Waals surface area (Å²) in [6.45, 7) is 3.41. The highest BCUT2D eigenvalue weighted by molar-refractivity contribution is 5.92. The molecule has 0 saturated carbocycles. The molecule has 0 amide bonds. The Bertz CT molecular complexity index is 425. The Kier molecular flexibility index (Phi) is 5.17. The van der Waals surface area contributed by atoms with E-state index in [-0.39, 0.29) is 36.4 Å². The highest BCUT2D eigenvalue weighted by Crippen LogP contribution is 2.16. The molecule has 1 aromatic rings. The number of ether oxygens (including phenoxy) is 2. The molecule has 0 saturated heterocycles. The molecule has 0 unspecified atom stereocenters. The van der Waals surface area contributed by atoms with Gasteiger partial charge in [-0.2, -0.15) is 0 Å². The number of esters is 2. The van der Waals surface area contributed by atoms with Crippen molar-refractivity contribution in [2.45, 2.75) is 13.8 Å². The SMILES string of the molecule is CC(C)C(=O)OCCOC(=O)c1ccccc1O. The molecule has 1 aromatic carbocycles. The number of carbonyl (C=O) groups is 2. The fraction of sp³-hybridized carbons (Fsp3) is 0.385. The lowest BCUT2D eigenvalue weighted by Crippen LogP contribution is -2.17. The number of phenolic OH excluding ortho intramolecular Hbond substituents is 1. The summed E-state index contributed by atoms with van der Waals surface area (Å²) in [5, 5.41) is 9.41. The van der Waals surface area contributed by atoms with Crippen LogP contribution in [0.5, 0.6) is 5.75 Å². The number of para-hydroxylation sites is 1. The molecule has 18 heavy (non-hydrogen) atoms. The van der Waals surface area contributed by atoms with Crippen molar-refractivity contribution < 1.29 is 24.2 Å². The zero-order valence-electron chi connectivity index (χ0n) is 10.4. The van der Waals surface area contributed by atoms with Crippen LogP contribution in [0.1, 0.15) is 24.2 Å². The van der Waals surface area contributed by atoms with E-state index >= 15 is 0 Å². The van der Waals surface area contributed by atoms with Gasteiger partial charge in [0.2, 0.25) is 0 Å². The zero-order chi connectivity index (χ0) is 13.5. The highest BCUT2D eigenvalue weighted by Gasteiger charge is 2.12. The largest absolute Gasteiger partial charge is 0.507 e. The molecule has 0 fully saturated rings. The van der Waals surface area contributed by atoms with Gasteiger partial charge in [0.05, 0.1) is 5.92 Å². The number of hydrogen-bond donors (Lipinski definition) is 1. The molecule has 5 heteroatoms. The number of hydrogen-bond acceptors (Lipinski definition) is 5. The number of phenols is 1. The third kappa shape index (κ3) is 4.08. The van der Waals surface area contributed by atoms with Gasteiger partial charge in [-0.3, -0.25) is 4.79 Å². The standard InChI is InChI=1S/C13H16O5/c1-9(2)12(15)17-7-8-18-13(16)10-5-3-4-6-11(10)14/h3-6,9,14H,7-8H2,1-2H3. The van der Waals surface area contributed by atoms with E-state index in [1.54, 1.807) is 26.0 Å². The maximum Gasteiger partial charge on any atom is 0.342 e. The Morgan fingerprint density at radius 2 is 1.78 bits per heavy atom. The van der Waals surface area contributed by atoms with E-state index in [1.165, 1.54) is 12.1 Å². The Hall–Kier alpha value is -2.04. The van der Waals surface area contributed by atoms with Crippen LogP contribution in [0.4, 0.5) is 0 Å². The molecule has 1 rings (SSSR count). The van der Waals surface area contributed by atoms with E-state index in [1.807, 2.05) is 0 Å². The monoisotopic (exact) mass is 252 g/mol. The first-order valence-electron chi connectivity index (χ1n) is 5.64. The molecule has 0 aliphatic heterocycles. The molecule has 0 aliphatic rings. The van der Waals surface area contributed by atoms with Gasteiger partial charge in [-0.15, -0.1) is 0 Å². The molecule has 0 aliphatic carbocycles. The predicted octanol–water partition coefficient (Wildman–Crippen LogP) is 1.75. The first kappa shape index (κ1) is 14.0. The summed E-state index contributed by atoms with van der Waals surface area (Å²) < 4.78 is 9.70. The van der Waals surface area contributed by atoms with Crippen LogP contribution < -0.4 is 0 Å². The summed E-state index contributed by atoms with van der Waals surface area (Å²) >= 11 is 0. The summed E-state index contributed by atoms with van der Waals surface area (Å²) in [6, 6.07) is 6.08. The normalized spacial score (nSPS) is 10.2. The van der Waals surface area contributed by atoms with Gasteiger partial charge in [0.25, 0.3) is 0 Å². The Morgan fingerprint density at radius 3 is 2.39 bits per heavy atom. The minimum absolute atomic E-state index is 0.0103. The van der Waals surface area contributed by atoms with Crippen LogP contribution in [0.25, 0.3) is 0 Å². The van der Waals surface area contributed by atoms with Crippen LogP contribution in [0.15, 0.2) is 24.3 Å². The van der Waals surface area contributed by atoms with E-state index in [0.717, 1.165) is 0 Å². The number of benzene rings is 1. The van der Waals surface area contributed by atoms with E-state index in [0.29, 0.717) is 0 Å². The second kappa shape index (κ2) is 6.64. The molecular weight excluding hydrogens is 236 g/mol. The van der Waals surface area contributed by atoms with Crippen LogP contribution in [-0.2, 0) is 14.3 Å². The average molecular weight is 252 g/mol. The van der Waals surface area contributed by atoms with Crippen LogP contribution in [0.3, 0.4) is 0 Å². The molecular formula is C13H16O5. The highest BCUT2D eigenvalue weighted by atomic mass is 16.6. The lowest BCUT2D eigenvalue weighted by atomic mass is 10.2. The molecule has 98 valence electrons. The minimum atomic E-state index is -0.645. The quantitative estimate of drug-likeness (QED) is 0.638. The Labute approximate surface area is 105 Å². The molecule has 0 radical (unpaired) electrons. The predicted molar refractivity (Wildman–Crippen MR) is 64.2 cm³/mol. The second-order valence-electron chi connectivity index (χ2n) is 3.98. The number of rotatable bonds is 5. The van der Waals surface area contributed by atoms with Crippen molar-refractivity contribution in [1.82, 2.24) is 0 Å². The second-order valence-corrected chi connectivity index (χ2v) is 3.98. The van der Waals surface area contributed by atoms with Gasteiger partial charge in [-0.25, -0.2) is 4.79 Å². The van der Waals surface area contributed by atoms with Crippen molar-refractivity contribution in [2.75, 3.05) is 13.2 Å². The summed E-state index contributed by atoms with van der Waals surface area (Å²) in [7, 11) is 0.